The number of fused-ring (bicyclic) bond motifs is 3. The molecule has 0 aliphatic carbocycles. The van der Waals surface area contributed by atoms with Gasteiger partial charge in [0.15, 0.2) is 0 Å². The Morgan fingerprint density at radius 3 is 2.86 bits per heavy atom. The first kappa shape index (κ1) is 11.8. The van der Waals surface area contributed by atoms with Crippen LogP contribution in [0.15, 0.2) is 42.5 Å². The van der Waals surface area contributed by atoms with Gasteiger partial charge >= 0.3 is 0 Å². The number of benzene rings is 2. The fourth-order valence-corrected chi connectivity index (χ4v) is 4.56. The molecule has 2 heteroatoms. The van der Waals surface area contributed by atoms with Crippen molar-refractivity contribution in [1.29, 1.82) is 0 Å². The average molecular weight is 276 g/mol. The molecule has 2 nitrogen and oxygen atoms in total. The highest BCUT2D eigenvalue weighted by Crippen LogP contribution is 2.49. The molecule has 3 aliphatic rings. The summed E-state index contributed by atoms with van der Waals surface area (Å²) in [6, 6.07) is 16.5. The monoisotopic (exact) mass is 276 g/mol. The zero-order valence-electron chi connectivity index (χ0n) is 12.2. The second kappa shape index (κ2) is 4.35. The van der Waals surface area contributed by atoms with Gasteiger partial charge in [0.25, 0.3) is 0 Å². The van der Waals surface area contributed by atoms with Crippen molar-refractivity contribution in [1.82, 2.24) is 5.32 Å². The highest BCUT2D eigenvalue weighted by molar-refractivity contribution is 5.77. The van der Waals surface area contributed by atoms with E-state index in [1.54, 1.807) is 16.8 Å². The molecule has 3 aliphatic heterocycles. The summed E-state index contributed by atoms with van der Waals surface area (Å²) in [6.07, 6.45) is 2.51. The third-order valence-corrected chi connectivity index (χ3v) is 5.48. The van der Waals surface area contributed by atoms with Crippen molar-refractivity contribution in [3.05, 3.63) is 53.6 Å². The van der Waals surface area contributed by atoms with Crippen LogP contribution >= 0.6 is 0 Å². The molecule has 106 valence electrons. The van der Waals surface area contributed by atoms with Crippen LogP contribution in [0, 0.1) is 0 Å². The summed E-state index contributed by atoms with van der Waals surface area (Å²) in [6.45, 7) is 3.54. The van der Waals surface area contributed by atoms with E-state index in [2.05, 4.69) is 52.7 Å². The molecule has 1 saturated heterocycles. The van der Waals surface area contributed by atoms with Gasteiger partial charge < -0.3 is 10.2 Å². The summed E-state index contributed by atoms with van der Waals surface area (Å²) in [5.41, 5.74) is 7.50. The molecule has 1 fully saturated rings. The van der Waals surface area contributed by atoms with E-state index in [1.165, 1.54) is 37.1 Å². The van der Waals surface area contributed by atoms with Crippen LogP contribution < -0.4 is 10.2 Å². The summed E-state index contributed by atoms with van der Waals surface area (Å²) in [5.74, 6) is 0.691. The maximum absolute atomic E-state index is 3.59. The second-order valence-electron chi connectivity index (χ2n) is 6.55. The Bertz CT molecular complexity index is 692. The topological polar surface area (TPSA) is 15.3 Å². The van der Waals surface area contributed by atoms with Gasteiger partial charge in [-0.3, -0.25) is 0 Å². The molecule has 0 aromatic heterocycles. The van der Waals surface area contributed by atoms with E-state index in [-0.39, 0.29) is 0 Å². The van der Waals surface area contributed by atoms with Gasteiger partial charge in [0.1, 0.15) is 0 Å². The van der Waals surface area contributed by atoms with Gasteiger partial charge in [-0.05, 0) is 53.8 Å². The minimum absolute atomic E-state index is 0.691. The molecule has 0 unspecified atom stereocenters. The lowest BCUT2D eigenvalue weighted by molar-refractivity contribution is 0.405. The van der Waals surface area contributed by atoms with Gasteiger partial charge in [0, 0.05) is 30.7 Å². The van der Waals surface area contributed by atoms with E-state index < -0.39 is 0 Å². The van der Waals surface area contributed by atoms with Gasteiger partial charge in [-0.25, -0.2) is 0 Å². The van der Waals surface area contributed by atoms with E-state index in [0.29, 0.717) is 5.92 Å². The van der Waals surface area contributed by atoms with E-state index in [0.717, 1.165) is 12.6 Å². The van der Waals surface area contributed by atoms with Crippen molar-refractivity contribution in [3.8, 4) is 11.1 Å². The largest absolute Gasteiger partial charge is 0.367 e. The number of anilines is 1. The molecule has 5 rings (SSSR count). The maximum atomic E-state index is 3.59. The van der Waals surface area contributed by atoms with Crippen LogP contribution in [0.1, 0.15) is 23.5 Å². The highest BCUT2D eigenvalue weighted by Gasteiger charge is 2.43. The molecule has 3 heterocycles. The van der Waals surface area contributed by atoms with Gasteiger partial charge in [-0.2, -0.15) is 0 Å². The smallest absolute Gasteiger partial charge is 0.0439 e. The molecule has 2 atom stereocenters. The molecule has 1 N–H and O–H groups in total. The van der Waals surface area contributed by atoms with Crippen molar-refractivity contribution >= 4 is 5.69 Å². The predicted octanol–water partition coefficient (Wildman–Crippen LogP) is 3.18. The van der Waals surface area contributed by atoms with Crippen molar-refractivity contribution in [2.24, 2.45) is 0 Å². The van der Waals surface area contributed by atoms with Crippen LogP contribution in [0.2, 0.25) is 0 Å². The van der Waals surface area contributed by atoms with Crippen LogP contribution in [0.4, 0.5) is 5.69 Å². The maximum Gasteiger partial charge on any atom is 0.0439 e. The molecular weight excluding hydrogens is 256 g/mol. The molecular formula is C19H20N2. The molecule has 2 aromatic carbocycles. The fraction of sp³-hybridized carbons (Fsp3) is 0.368. The van der Waals surface area contributed by atoms with E-state index in [4.69, 9.17) is 0 Å². The van der Waals surface area contributed by atoms with E-state index >= 15 is 0 Å². The lowest BCUT2D eigenvalue weighted by Gasteiger charge is -2.32. The fourth-order valence-electron chi connectivity index (χ4n) is 4.56. The van der Waals surface area contributed by atoms with Gasteiger partial charge in [-0.15, -0.1) is 0 Å². The number of nitrogens with one attached hydrogen (secondary N) is 1. The first-order chi connectivity index (χ1) is 10.4. The summed E-state index contributed by atoms with van der Waals surface area (Å²) in [5, 5.41) is 3.59. The third kappa shape index (κ3) is 1.63. The minimum atomic E-state index is 0.691. The van der Waals surface area contributed by atoms with Gasteiger partial charge in [0.05, 0.1) is 0 Å². The highest BCUT2D eigenvalue weighted by atomic mass is 15.2. The third-order valence-electron chi connectivity index (χ3n) is 5.48. The first-order valence-corrected chi connectivity index (χ1v) is 8.11. The van der Waals surface area contributed by atoms with Crippen LogP contribution in [0.3, 0.4) is 0 Å². The zero-order chi connectivity index (χ0) is 13.8. The minimum Gasteiger partial charge on any atom is -0.367 e. The Balaban J connectivity index is 1.68. The number of piperidine rings is 1. The number of rotatable bonds is 1. The Kier molecular flexibility index (Phi) is 2.45. The molecule has 21 heavy (non-hydrogen) atoms. The van der Waals surface area contributed by atoms with Crippen molar-refractivity contribution in [2.45, 2.75) is 24.8 Å². The van der Waals surface area contributed by atoms with Crippen LogP contribution in [0.5, 0.6) is 0 Å². The lowest BCUT2D eigenvalue weighted by atomic mass is 9.87. The molecule has 0 radical (unpaired) electrons. The summed E-state index contributed by atoms with van der Waals surface area (Å²) in [7, 11) is 0. The van der Waals surface area contributed by atoms with Crippen molar-refractivity contribution in [2.75, 3.05) is 24.5 Å². The second-order valence-corrected chi connectivity index (χ2v) is 6.55. The van der Waals surface area contributed by atoms with Crippen LogP contribution in [0.25, 0.3) is 11.1 Å². The van der Waals surface area contributed by atoms with Crippen molar-refractivity contribution in [3.63, 3.8) is 0 Å². The molecule has 0 amide bonds. The van der Waals surface area contributed by atoms with E-state index in [1.807, 2.05) is 0 Å². The Morgan fingerprint density at radius 2 is 1.95 bits per heavy atom. The van der Waals surface area contributed by atoms with Gasteiger partial charge in [0.2, 0.25) is 0 Å². The van der Waals surface area contributed by atoms with Crippen LogP contribution in [-0.2, 0) is 6.42 Å². The van der Waals surface area contributed by atoms with Gasteiger partial charge in [-0.1, -0.05) is 30.3 Å². The standard InChI is InChI=1S/C19H20N2/c1-2-4-13(5-3-1)15-10-14-7-9-21-18-6-8-20-12-17(18)16(11-15)19(14)21/h1-5,10-11,17-18,20H,6-9,12H2/t17-,18-/m1/s1. The lowest BCUT2D eigenvalue weighted by Crippen LogP contribution is -2.43. The van der Waals surface area contributed by atoms with Crippen molar-refractivity contribution < 1.29 is 0 Å². The Morgan fingerprint density at radius 1 is 1.05 bits per heavy atom. The number of nitrogens with zero attached hydrogens (tertiary/aromatic N) is 1. The first-order valence-electron chi connectivity index (χ1n) is 8.11. The molecule has 0 bridgehead atoms. The summed E-state index contributed by atoms with van der Waals surface area (Å²) >= 11 is 0. The quantitative estimate of drug-likeness (QED) is 0.860. The average Bonchev–Trinajstić information content (AvgIpc) is 3.12. The Labute approximate surface area is 125 Å². The molecule has 2 aromatic rings. The normalized spacial score (nSPS) is 25.8. The SMILES string of the molecule is c1ccc(-c2cc3c4c(c2)[C@H]2CNCC[C@H]2N4CC3)cc1. The summed E-state index contributed by atoms with van der Waals surface area (Å²) < 4.78 is 0. The number of hydrogen-bond donors (Lipinski definition) is 1. The summed E-state index contributed by atoms with van der Waals surface area (Å²) in [4.78, 5) is 2.70. The number of hydrogen-bond acceptors (Lipinski definition) is 2. The Hall–Kier alpha value is -1.80. The molecule has 0 saturated carbocycles. The predicted molar refractivity (Wildman–Crippen MR) is 86.9 cm³/mol. The van der Waals surface area contributed by atoms with Crippen LogP contribution in [-0.4, -0.2) is 25.7 Å². The molecule has 0 spiro atoms. The van der Waals surface area contributed by atoms with E-state index in [9.17, 15) is 0 Å². The zero-order valence-corrected chi connectivity index (χ0v) is 12.2.